The Morgan fingerprint density at radius 2 is 1.73 bits per heavy atom. The van der Waals surface area contributed by atoms with Crippen molar-refractivity contribution in [3.8, 4) is 11.5 Å². The highest BCUT2D eigenvalue weighted by molar-refractivity contribution is 7.91. The fourth-order valence-corrected chi connectivity index (χ4v) is 4.33. The number of carbonyl (C=O) groups is 1. The summed E-state index contributed by atoms with van der Waals surface area (Å²) in [5, 5.41) is 9.68. The van der Waals surface area contributed by atoms with E-state index in [0.29, 0.717) is 5.56 Å². The van der Waals surface area contributed by atoms with Gasteiger partial charge in [-0.3, -0.25) is 10.1 Å². The Morgan fingerprint density at radius 1 is 1.03 bits per heavy atom. The van der Waals surface area contributed by atoms with Crippen LogP contribution in [0.25, 0.3) is 11.5 Å². The summed E-state index contributed by atoms with van der Waals surface area (Å²) >= 11 is 0. The number of hydrogen-bond donors (Lipinski definition) is 1. The van der Waals surface area contributed by atoms with Gasteiger partial charge in [0.15, 0.2) is 19.7 Å². The average molecular weight is 453 g/mol. The molecule has 0 saturated carbocycles. The number of carbonyl (C=O) groups excluding carboxylic acids is 1. The molecule has 1 heterocycles. The molecule has 3 rings (SSSR count). The topological polar surface area (TPSA) is 136 Å². The van der Waals surface area contributed by atoms with Gasteiger partial charge in [-0.1, -0.05) is 11.2 Å². The second kappa shape index (κ2) is 8.32. The van der Waals surface area contributed by atoms with E-state index in [1.54, 1.807) is 6.07 Å². The first-order valence-corrected chi connectivity index (χ1v) is 12.0. The third-order valence-corrected chi connectivity index (χ3v) is 6.79. The number of rotatable bonds is 7. The first-order chi connectivity index (χ1) is 14.0. The minimum absolute atomic E-state index is 0.0188. The minimum Gasteiger partial charge on any atom is -0.403 e. The molecule has 30 heavy (non-hydrogen) atoms. The third kappa shape index (κ3) is 5.27. The zero-order chi connectivity index (χ0) is 21.9. The van der Waals surface area contributed by atoms with E-state index in [0.717, 1.165) is 30.5 Å². The fourth-order valence-electron chi connectivity index (χ4n) is 2.42. The minimum atomic E-state index is -3.77. The molecule has 2 aromatic carbocycles. The van der Waals surface area contributed by atoms with Gasteiger partial charge in [0.2, 0.25) is 11.8 Å². The predicted octanol–water partition coefficient (Wildman–Crippen LogP) is 2.08. The van der Waals surface area contributed by atoms with Crippen molar-refractivity contribution in [3.05, 3.63) is 54.3 Å². The molecule has 1 amide bonds. The Labute approximate surface area is 171 Å². The van der Waals surface area contributed by atoms with Crippen molar-refractivity contribution in [2.24, 2.45) is 0 Å². The number of benzene rings is 2. The van der Waals surface area contributed by atoms with Crippen molar-refractivity contribution in [2.75, 3.05) is 17.3 Å². The molecular weight excluding hydrogens is 437 g/mol. The van der Waals surface area contributed by atoms with Crippen molar-refractivity contribution in [1.29, 1.82) is 0 Å². The van der Waals surface area contributed by atoms with Crippen molar-refractivity contribution < 1.29 is 30.4 Å². The lowest BCUT2D eigenvalue weighted by Gasteiger charge is -2.04. The van der Waals surface area contributed by atoms with Crippen LogP contribution in [-0.2, 0) is 24.5 Å². The molecule has 0 spiro atoms. The smallest absolute Gasteiger partial charge is 0.322 e. The lowest BCUT2D eigenvalue weighted by Crippen LogP contribution is -2.17. The van der Waals surface area contributed by atoms with E-state index in [9.17, 15) is 26.0 Å². The molecule has 0 aliphatic heterocycles. The van der Waals surface area contributed by atoms with Crippen LogP contribution in [0.2, 0.25) is 0 Å². The maximum atomic E-state index is 12.9. The number of anilines is 1. The molecule has 0 unspecified atom stereocenters. The first-order valence-electron chi connectivity index (χ1n) is 8.47. The molecule has 0 saturated heterocycles. The molecule has 1 aromatic heterocycles. The van der Waals surface area contributed by atoms with E-state index in [1.807, 2.05) is 0 Å². The molecule has 1 N–H and O–H groups in total. The Balaban J connectivity index is 1.65. The molecule has 9 nitrogen and oxygen atoms in total. The van der Waals surface area contributed by atoms with Gasteiger partial charge in [0.1, 0.15) is 5.82 Å². The highest BCUT2D eigenvalue weighted by Crippen LogP contribution is 2.23. The number of nitrogens with zero attached hydrogens (tertiary/aromatic N) is 2. The van der Waals surface area contributed by atoms with Gasteiger partial charge in [-0.05, 0) is 42.5 Å². The zero-order valence-corrected chi connectivity index (χ0v) is 17.2. The highest BCUT2D eigenvalue weighted by atomic mass is 32.2. The number of amides is 1. The maximum Gasteiger partial charge on any atom is 0.322 e. The second-order valence-electron chi connectivity index (χ2n) is 6.28. The van der Waals surface area contributed by atoms with Crippen LogP contribution in [0.15, 0.2) is 62.7 Å². The Hall–Kier alpha value is -3.12. The summed E-state index contributed by atoms with van der Waals surface area (Å²) in [5.41, 5.74) is 0.338. The summed E-state index contributed by atoms with van der Waals surface area (Å²) in [6, 6.07) is 9.85. The fraction of sp³-hybridized carbons (Fsp3) is 0.167. The van der Waals surface area contributed by atoms with Crippen LogP contribution in [0.4, 0.5) is 10.4 Å². The van der Waals surface area contributed by atoms with Crippen LogP contribution in [0, 0.1) is 5.82 Å². The van der Waals surface area contributed by atoms with Crippen molar-refractivity contribution in [3.63, 3.8) is 0 Å². The van der Waals surface area contributed by atoms with Gasteiger partial charge in [0.25, 0.3) is 0 Å². The number of aromatic nitrogens is 2. The van der Waals surface area contributed by atoms with E-state index in [4.69, 9.17) is 4.42 Å². The van der Waals surface area contributed by atoms with Crippen molar-refractivity contribution in [2.45, 2.75) is 16.2 Å². The van der Waals surface area contributed by atoms with Crippen LogP contribution >= 0.6 is 0 Å². The van der Waals surface area contributed by atoms with Gasteiger partial charge in [-0.25, -0.2) is 21.2 Å². The van der Waals surface area contributed by atoms with Gasteiger partial charge in [-0.15, -0.1) is 5.10 Å². The second-order valence-corrected chi connectivity index (χ2v) is 10.4. The molecule has 12 heteroatoms. The summed E-state index contributed by atoms with van der Waals surface area (Å²) in [6.45, 7) is 0. The summed E-state index contributed by atoms with van der Waals surface area (Å²) < 4.78 is 65.9. The van der Waals surface area contributed by atoms with Gasteiger partial charge >= 0.3 is 6.01 Å². The number of halogens is 1. The Bertz CT molecular complexity index is 1290. The molecule has 0 aliphatic carbocycles. The SMILES string of the molecule is CS(=O)(=O)c1cccc(-c2nnc(NC(=O)CCS(=O)(=O)c3ccc(F)cc3)o2)c1. The summed E-state index contributed by atoms with van der Waals surface area (Å²) in [6.07, 6.45) is 0.673. The molecule has 0 radical (unpaired) electrons. The van der Waals surface area contributed by atoms with E-state index < -0.39 is 37.2 Å². The van der Waals surface area contributed by atoms with Crippen molar-refractivity contribution in [1.82, 2.24) is 10.2 Å². The standard InChI is InChI=1S/C18H16FN3O6S2/c1-29(24,25)15-4-2-3-12(11-15)17-21-22-18(28-17)20-16(23)9-10-30(26,27)14-7-5-13(19)6-8-14/h2-8,11H,9-10H2,1H3,(H,20,22,23). The van der Waals surface area contributed by atoms with Gasteiger partial charge in [0, 0.05) is 18.2 Å². The van der Waals surface area contributed by atoms with Crippen LogP contribution in [0.5, 0.6) is 0 Å². The first kappa shape index (κ1) is 21.6. The Kier molecular flexibility index (Phi) is 5.99. The number of hydrogen-bond acceptors (Lipinski definition) is 8. The van der Waals surface area contributed by atoms with Gasteiger partial charge in [-0.2, -0.15) is 0 Å². The molecule has 0 aliphatic rings. The van der Waals surface area contributed by atoms with E-state index in [-0.39, 0.29) is 28.1 Å². The lowest BCUT2D eigenvalue weighted by atomic mass is 10.2. The lowest BCUT2D eigenvalue weighted by molar-refractivity contribution is -0.115. The average Bonchev–Trinajstić information content (AvgIpc) is 3.15. The third-order valence-electron chi connectivity index (χ3n) is 3.95. The van der Waals surface area contributed by atoms with Crippen LogP contribution in [0.1, 0.15) is 6.42 Å². The zero-order valence-electron chi connectivity index (χ0n) is 15.6. The number of nitrogens with one attached hydrogen (secondary N) is 1. The molecule has 0 atom stereocenters. The van der Waals surface area contributed by atoms with Crippen LogP contribution < -0.4 is 5.32 Å². The van der Waals surface area contributed by atoms with E-state index >= 15 is 0 Å². The predicted molar refractivity (Wildman–Crippen MR) is 105 cm³/mol. The highest BCUT2D eigenvalue weighted by Gasteiger charge is 2.18. The Morgan fingerprint density at radius 3 is 2.40 bits per heavy atom. The monoisotopic (exact) mass is 453 g/mol. The molecule has 3 aromatic rings. The van der Waals surface area contributed by atoms with Gasteiger partial charge in [0.05, 0.1) is 15.5 Å². The maximum absolute atomic E-state index is 12.9. The molecule has 0 fully saturated rings. The molecule has 0 bridgehead atoms. The quantitative estimate of drug-likeness (QED) is 0.537. The summed E-state index contributed by atoms with van der Waals surface area (Å²) in [4.78, 5) is 12.0. The van der Waals surface area contributed by atoms with Crippen LogP contribution in [-0.4, -0.2) is 44.9 Å². The molecule has 158 valence electrons. The van der Waals surface area contributed by atoms with Crippen molar-refractivity contribution >= 4 is 31.6 Å². The van der Waals surface area contributed by atoms with Crippen LogP contribution in [0.3, 0.4) is 0 Å². The summed E-state index contributed by atoms with van der Waals surface area (Å²) in [5.74, 6) is -1.77. The van der Waals surface area contributed by atoms with E-state index in [2.05, 4.69) is 15.5 Å². The molecular formula is C18H16FN3O6S2. The van der Waals surface area contributed by atoms with Gasteiger partial charge < -0.3 is 4.42 Å². The number of sulfone groups is 2. The largest absolute Gasteiger partial charge is 0.403 e. The summed E-state index contributed by atoms with van der Waals surface area (Å²) in [7, 11) is -7.20. The van der Waals surface area contributed by atoms with E-state index in [1.165, 1.54) is 18.2 Å². The normalized spacial score (nSPS) is 11.9.